The Kier molecular flexibility index (Phi) is 5.10. The monoisotopic (exact) mass is 278 g/mol. The van der Waals surface area contributed by atoms with E-state index in [1.54, 1.807) is 0 Å². The van der Waals surface area contributed by atoms with Gasteiger partial charge in [0.15, 0.2) is 0 Å². The fraction of sp³-hybridized carbons (Fsp3) is 0.105. The number of aliphatic carboxylic acids is 1. The average Bonchev–Trinajstić information content (AvgIpc) is 2.52. The molecule has 0 saturated heterocycles. The van der Waals surface area contributed by atoms with Crippen LogP contribution in [0.3, 0.4) is 0 Å². The minimum Gasteiger partial charge on any atom is -0.478 e. The van der Waals surface area contributed by atoms with Gasteiger partial charge in [0.05, 0.1) is 0 Å². The molecule has 0 amide bonds. The van der Waals surface area contributed by atoms with Gasteiger partial charge in [0, 0.05) is 5.57 Å². The highest BCUT2D eigenvalue weighted by molar-refractivity contribution is 5.87. The maximum absolute atomic E-state index is 10.9. The van der Waals surface area contributed by atoms with E-state index >= 15 is 0 Å². The van der Waals surface area contributed by atoms with Crippen LogP contribution in [0.2, 0.25) is 0 Å². The molecule has 0 atom stereocenters. The van der Waals surface area contributed by atoms with E-state index in [1.807, 2.05) is 60.7 Å². The molecule has 2 aromatic carbocycles. The van der Waals surface area contributed by atoms with Crippen LogP contribution >= 0.6 is 0 Å². The van der Waals surface area contributed by atoms with Crippen molar-refractivity contribution in [1.29, 1.82) is 0 Å². The molecule has 0 heterocycles. The first-order valence-corrected chi connectivity index (χ1v) is 6.89. The van der Waals surface area contributed by atoms with Gasteiger partial charge in [0.2, 0.25) is 0 Å². The normalized spacial score (nSPS) is 11.1. The molecule has 2 nitrogen and oxygen atoms in total. The van der Waals surface area contributed by atoms with Gasteiger partial charge in [-0.1, -0.05) is 73.3 Å². The Morgan fingerprint density at radius 3 is 2.10 bits per heavy atom. The van der Waals surface area contributed by atoms with E-state index in [0.29, 0.717) is 12.8 Å². The van der Waals surface area contributed by atoms with Gasteiger partial charge in [-0.15, -0.1) is 0 Å². The molecule has 2 aromatic rings. The van der Waals surface area contributed by atoms with Crippen LogP contribution in [0.5, 0.6) is 0 Å². The second-order valence-electron chi connectivity index (χ2n) is 4.85. The third-order valence-electron chi connectivity index (χ3n) is 3.28. The Labute approximate surface area is 125 Å². The summed E-state index contributed by atoms with van der Waals surface area (Å²) in [6.45, 7) is 3.60. The van der Waals surface area contributed by atoms with Crippen molar-refractivity contribution in [3.8, 4) is 0 Å². The van der Waals surface area contributed by atoms with E-state index in [2.05, 4.69) is 12.7 Å². The van der Waals surface area contributed by atoms with E-state index < -0.39 is 5.97 Å². The Hall–Kier alpha value is -2.61. The van der Waals surface area contributed by atoms with Crippen LogP contribution in [0.1, 0.15) is 24.0 Å². The largest absolute Gasteiger partial charge is 0.478 e. The van der Waals surface area contributed by atoms with Crippen LogP contribution in [-0.4, -0.2) is 11.1 Å². The molecule has 2 rings (SSSR count). The Morgan fingerprint density at radius 1 is 0.952 bits per heavy atom. The first kappa shape index (κ1) is 14.8. The minimum atomic E-state index is -0.929. The second kappa shape index (κ2) is 7.25. The Balaban J connectivity index is 2.25. The van der Waals surface area contributed by atoms with Crippen LogP contribution in [-0.2, 0) is 4.79 Å². The van der Waals surface area contributed by atoms with E-state index in [1.165, 1.54) is 0 Å². The molecule has 0 saturated carbocycles. The molecule has 2 heteroatoms. The number of benzene rings is 2. The van der Waals surface area contributed by atoms with Crippen molar-refractivity contribution in [3.63, 3.8) is 0 Å². The SMILES string of the molecule is C=C(CCC(=Cc1ccccc1)c1ccccc1)C(=O)O. The quantitative estimate of drug-likeness (QED) is 0.617. The third kappa shape index (κ3) is 4.46. The highest BCUT2D eigenvalue weighted by atomic mass is 16.4. The molecule has 0 fully saturated rings. The van der Waals surface area contributed by atoms with Gasteiger partial charge in [-0.25, -0.2) is 4.79 Å². The zero-order chi connectivity index (χ0) is 15.1. The third-order valence-corrected chi connectivity index (χ3v) is 3.28. The summed E-state index contributed by atoms with van der Waals surface area (Å²) in [5, 5.41) is 8.94. The first-order chi connectivity index (χ1) is 10.2. The van der Waals surface area contributed by atoms with Crippen LogP contribution in [0.15, 0.2) is 72.8 Å². The zero-order valence-corrected chi connectivity index (χ0v) is 11.8. The number of carbonyl (C=O) groups is 1. The molecule has 0 aliphatic carbocycles. The molecule has 1 N–H and O–H groups in total. The van der Waals surface area contributed by atoms with Crippen LogP contribution < -0.4 is 0 Å². The lowest BCUT2D eigenvalue weighted by Gasteiger charge is -2.08. The Bertz CT molecular complexity index is 640. The maximum atomic E-state index is 10.9. The molecular formula is C19H18O2. The van der Waals surface area contributed by atoms with Crippen molar-refractivity contribution in [2.45, 2.75) is 12.8 Å². The van der Waals surface area contributed by atoms with Gasteiger partial charge >= 0.3 is 5.97 Å². The van der Waals surface area contributed by atoms with E-state index in [9.17, 15) is 4.79 Å². The smallest absolute Gasteiger partial charge is 0.330 e. The summed E-state index contributed by atoms with van der Waals surface area (Å²) in [5.74, 6) is -0.929. The topological polar surface area (TPSA) is 37.3 Å². The molecule has 0 radical (unpaired) electrons. The van der Waals surface area contributed by atoms with Crippen LogP contribution in [0, 0.1) is 0 Å². The maximum Gasteiger partial charge on any atom is 0.330 e. The van der Waals surface area contributed by atoms with E-state index in [-0.39, 0.29) is 5.57 Å². The lowest BCUT2D eigenvalue weighted by atomic mass is 9.96. The molecular weight excluding hydrogens is 260 g/mol. The number of carboxylic acids is 1. The van der Waals surface area contributed by atoms with Crippen molar-refractivity contribution in [3.05, 3.63) is 83.9 Å². The van der Waals surface area contributed by atoms with E-state index in [0.717, 1.165) is 16.7 Å². The molecule has 21 heavy (non-hydrogen) atoms. The highest BCUT2D eigenvalue weighted by Crippen LogP contribution is 2.24. The summed E-state index contributed by atoms with van der Waals surface area (Å²) < 4.78 is 0. The van der Waals surface area contributed by atoms with Crippen LogP contribution in [0.25, 0.3) is 11.6 Å². The van der Waals surface area contributed by atoms with Crippen molar-refractivity contribution in [2.24, 2.45) is 0 Å². The summed E-state index contributed by atoms with van der Waals surface area (Å²) >= 11 is 0. The number of rotatable bonds is 6. The molecule has 0 aliphatic heterocycles. The highest BCUT2D eigenvalue weighted by Gasteiger charge is 2.07. The zero-order valence-electron chi connectivity index (χ0n) is 11.8. The van der Waals surface area contributed by atoms with Crippen molar-refractivity contribution in [1.82, 2.24) is 0 Å². The van der Waals surface area contributed by atoms with Gasteiger partial charge in [-0.05, 0) is 29.5 Å². The average molecular weight is 278 g/mol. The van der Waals surface area contributed by atoms with Crippen molar-refractivity contribution in [2.75, 3.05) is 0 Å². The van der Waals surface area contributed by atoms with Crippen molar-refractivity contribution < 1.29 is 9.90 Å². The summed E-state index contributed by atoms with van der Waals surface area (Å²) in [6.07, 6.45) is 3.21. The second-order valence-corrected chi connectivity index (χ2v) is 4.85. The fourth-order valence-electron chi connectivity index (χ4n) is 2.10. The van der Waals surface area contributed by atoms with Gasteiger partial charge in [0.25, 0.3) is 0 Å². The Morgan fingerprint density at radius 2 is 1.52 bits per heavy atom. The number of hydrogen-bond donors (Lipinski definition) is 1. The molecule has 0 bridgehead atoms. The lowest BCUT2D eigenvalue weighted by molar-refractivity contribution is -0.132. The molecule has 106 valence electrons. The molecule has 0 unspecified atom stereocenters. The van der Waals surface area contributed by atoms with Crippen molar-refractivity contribution >= 4 is 17.6 Å². The van der Waals surface area contributed by atoms with Gasteiger partial charge in [-0.2, -0.15) is 0 Å². The number of allylic oxidation sites excluding steroid dienone is 1. The number of hydrogen-bond acceptors (Lipinski definition) is 1. The first-order valence-electron chi connectivity index (χ1n) is 6.89. The summed E-state index contributed by atoms with van der Waals surface area (Å²) in [5.41, 5.74) is 3.57. The fourth-order valence-corrected chi connectivity index (χ4v) is 2.10. The van der Waals surface area contributed by atoms with E-state index in [4.69, 9.17) is 5.11 Å². The predicted molar refractivity (Wildman–Crippen MR) is 86.8 cm³/mol. The van der Waals surface area contributed by atoms with Gasteiger partial charge in [0.1, 0.15) is 0 Å². The summed E-state index contributed by atoms with van der Waals surface area (Å²) in [6, 6.07) is 20.1. The van der Waals surface area contributed by atoms with Gasteiger partial charge in [-0.3, -0.25) is 0 Å². The molecule has 0 aliphatic rings. The molecule has 0 spiro atoms. The minimum absolute atomic E-state index is 0.241. The van der Waals surface area contributed by atoms with Gasteiger partial charge < -0.3 is 5.11 Å². The van der Waals surface area contributed by atoms with Crippen LogP contribution in [0.4, 0.5) is 0 Å². The molecule has 0 aromatic heterocycles. The predicted octanol–water partition coefficient (Wildman–Crippen LogP) is 4.65. The summed E-state index contributed by atoms with van der Waals surface area (Å²) in [4.78, 5) is 10.9. The lowest BCUT2D eigenvalue weighted by Crippen LogP contribution is -1.99. The number of carboxylic acid groups (broad SMARTS) is 1. The summed E-state index contributed by atoms with van der Waals surface area (Å²) in [7, 11) is 0. The standard InChI is InChI=1S/C19H18O2/c1-15(19(20)21)12-13-18(17-10-6-3-7-11-17)14-16-8-4-2-5-9-16/h2-11,14H,1,12-13H2,(H,20,21).